The lowest BCUT2D eigenvalue weighted by Crippen LogP contribution is -2.42. The summed E-state index contributed by atoms with van der Waals surface area (Å²) in [7, 11) is 0. The number of nitrogens with two attached hydrogens (primary N) is 1. The Morgan fingerprint density at radius 3 is 2.76 bits per heavy atom. The van der Waals surface area contributed by atoms with E-state index in [0.717, 1.165) is 25.9 Å². The number of hydrogen-bond acceptors (Lipinski definition) is 3. The second-order valence-corrected chi connectivity index (χ2v) is 6.05. The number of benzene rings is 1. The Hall–Kier alpha value is -1.17. The van der Waals surface area contributed by atoms with Crippen molar-refractivity contribution < 1.29 is 9.18 Å². The maximum Gasteiger partial charge on any atom is 0.238 e. The third-order valence-electron chi connectivity index (χ3n) is 3.95. The predicted molar refractivity (Wildman–Crippen MR) is 82.9 cm³/mol. The van der Waals surface area contributed by atoms with Crippen molar-refractivity contribution in [2.24, 2.45) is 11.7 Å². The summed E-state index contributed by atoms with van der Waals surface area (Å²) in [6.45, 7) is 4.09. The Balaban J connectivity index is 1.83. The van der Waals surface area contributed by atoms with E-state index in [9.17, 15) is 9.18 Å². The number of piperidine rings is 1. The zero-order valence-corrected chi connectivity index (χ0v) is 12.9. The molecule has 116 valence electrons. The van der Waals surface area contributed by atoms with Crippen LogP contribution in [-0.2, 0) is 4.79 Å². The van der Waals surface area contributed by atoms with E-state index in [0.29, 0.717) is 18.2 Å². The maximum atomic E-state index is 12.9. The zero-order chi connectivity index (χ0) is 15.4. The predicted octanol–water partition coefficient (Wildman–Crippen LogP) is 2.48. The highest BCUT2D eigenvalue weighted by Gasteiger charge is 2.23. The first-order chi connectivity index (χ1) is 9.95. The number of hydrogen-bond donors (Lipinski definition) is 2. The van der Waals surface area contributed by atoms with Gasteiger partial charge in [0, 0.05) is 6.04 Å². The molecule has 1 heterocycles. The average molecular weight is 314 g/mol. The monoisotopic (exact) mass is 313 g/mol. The van der Waals surface area contributed by atoms with Crippen molar-refractivity contribution in [1.82, 2.24) is 4.90 Å². The summed E-state index contributed by atoms with van der Waals surface area (Å²) in [6, 6.07) is 4.14. The fourth-order valence-corrected chi connectivity index (χ4v) is 2.83. The van der Waals surface area contributed by atoms with Crippen LogP contribution in [0, 0.1) is 11.7 Å². The van der Waals surface area contributed by atoms with E-state index in [1.807, 2.05) is 6.92 Å². The summed E-state index contributed by atoms with van der Waals surface area (Å²) < 4.78 is 12.9. The SMILES string of the molecule is CC(N)C1CCN(CC(=O)Nc2ccc(F)cc2Cl)CC1. The number of likely N-dealkylation sites (tertiary alicyclic amines) is 1. The maximum absolute atomic E-state index is 12.9. The van der Waals surface area contributed by atoms with E-state index in [1.54, 1.807) is 0 Å². The Labute approximate surface area is 129 Å². The van der Waals surface area contributed by atoms with Crippen molar-refractivity contribution >= 4 is 23.2 Å². The quantitative estimate of drug-likeness (QED) is 0.898. The molecule has 0 spiro atoms. The molecule has 2 rings (SSSR count). The van der Waals surface area contributed by atoms with Crippen LogP contribution in [0.4, 0.5) is 10.1 Å². The van der Waals surface area contributed by atoms with Gasteiger partial charge in [-0.25, -0.2) is 4.39 Å². The fraction of sp³-hybridized carbons (Fsp3) is 0.533. The average Bonchev–Trinajstić information content (AvgIpc) is 2.42. The van der Waals surface area contributed by atoms with E-state index in [2.05, 4.69) is 10.2 Å². The van der Waals surface area contributed by atoms with E-state index >= 15 is 0 Å². The number of nitrogens with one attached hydrogen (secondary N) is 1. The van der Waals surface area contributed by atoms with Crippen LogP contribution in [0.3, 0.4) is 0 Å². The lowest BCUT2D eigenvalue weighted by atomic mass is 9.91. The summed E-state index contributed by atoms with van der Waals surface area (Å²) in [5, 5.41) is 2.92. The number of halogens is 2. The molecule has 0 aromatic heterocycles. The first-order valence-electron chi connectivity index (χ1n) is 7.18. The molecule has 1 unspecified atom stereocenters. The van der Waals surface area contributed by atoms with Crippen molar-refractivity contribution in [3.05, 3.63) is 29.0 Å². The van der Waals surface area contributed by atoms with E-state index in [4.69, 9.17) is 17.3 Å². The van der Waals surface area contributed by atoms with Gasteiger partial charge in [-0.3, -0.25) is 9.69 Å². The van der Waals surface area contributed by atoms with Gasteiger partial charge >= 0.3 is 0 Å². The molecular formula is C15H21ClFN3O. The zero-order valence-electron chi connectivity index (χ0n) is 12.1. The van der Waals surface area contributed by atoms with Gasteiger partial charge in [0.2, 0.25) is 5.91 Å². The van der Waals surface area contributed by atoms with Crippen LogP contribution in [0.5, 0.6) is 0 Å². The van der Waals surface area contributed by atoms with Gasteiger partial charge in [-0.1, -0.05) is 11.6 Å². The summed E-state index contributed by atoms with van der Waals surface area (Å²) >= 11 is 5.89. The van der Waals surface area contributed by atoms with Crippen LogP contribution in [0.1, 0.15) is 19.8 Å². The number of carbonyl (C=O) groups is 1. The number of amides is 1. The van der Waals surface area contributed by atoms with Gasteiger partial charge in [0.25, 0.3) is 0 Å². The molecule has 1 fully saturated rings. The second kappa shape index (κ2) is 7.20. The second-order valence-electron chi connectivity index (χ2n) is 5.65. The molecule has 21 heavy (non-hydrogen) atoms. The molecule has 1 amide bonds. The van der Waals surface area contributed by atoms with Crippen LogP contribution < -0.4 is 11.1 Å². The minimum absolute atomic E-state index is 0.136. The fourth-order valence-electron chi connectivity index (χ4n) is 2.62. The van der Waals surface area contributed by atoms with E-state index < -0.39 is 5.82 Å². The molecule has 6 heteroatoms. The van der Waals surface area contributed by atoms with Crippen molar-refractivity contribution in [3.8, 4) is 0 Å². The van der Waals surface area contributed by atoms with Crippen LogP contribution >= 0.6 is 11.6 Å². The van der Waals surface area contributed by atoms with Gasteiger partial charge < -0.3 is 11.1 Å². The highest BCUT2D eigenvalue weighted by atomic mass is 35.5. The first-order valence-corrected chi connectivity index (χ1v) is 7.56. The van der Waals surface area contributed by atoms with Crippen molar-refractivity contribution in [3.63, 3.8) is 0 Å². The molecule has 1 aromatic rings. The van der Waals surface area contributed by atoms with Gasteiger partial charge in [0.15, 0.2) is 0 Å². The molecule has 1 aromatic carbocycles. The minimum atomic E-state index is -0.420. The molecule has 1 atom stereocenters. The smallest absolute Gasteiger partial charge is 0.238 e. The Morgan fingerprint density at radius 1 is 1.52 bits per heavy atom. The summed E-state index contributed by atoms with van der Waals surface area (Å²) in [5.74, 6) is -0.0189. The summed E-state index contributed by atoms with van der Waals surface area (Å²) in [5.41, 5.74) is 6.34. The molecular weight excluding hydrogens is 293 g/mol. The summed E-state index contributed by atoms with van der Waals surface area (Å²) in [4.78, 5) is 14.1. The molecule has 4 nitrogen and oxygen atoms in total. The van der Waals surface area contributed by atoms with Crippen molar-refractivity contribution in [2.45, 2.75) is 25.8 Å². The van der Waals surface area contributed by atoms with E-state index in [1.165, 1.54) is 18.2 Å². The molecule has 0 radical (unpaired) electrons. The van der Waals surface area contributed by atoms with Crippen LogP contribution in [-0.4, -0.2) is 36.5 Å². The molecule has 1 saturated heterocycles. The molecule has 0 aliphatic carbocycles. The van der Waals surface area contributed by atoms with E-state index in [-0.39, 0.29) is 17.0 Å². The lowest BCUT2D eigenvalue weighted by Gasteiger charge is -2.33. The molecule has 1 aliphatic heterocycles. The normalized spacial score (nSPS) is 18.5. The van der Waals surface area contributed by atoms with Crippen molar-refractivity contribution in [2.75, 3.05) is 25.0 Å². The number of rotatable bonds is 4. The number of nitrogens with zero attached hydrogens (tertiary/aromatic N) is 1. The Kier molecular flexibility index (Phi) is 5.56. The van der Waals surface area contributed by atoms with Crippen LogP contribution in [0.2, 0.25) is 5.02 Å². The molecule has 1 aliphatic rings. The third kappa shape index (κ3) is 4.66. The molecule has 0 bridgehead atoms. The lowest BCUT2D eigenvalue weighted by molar-refractivity contribution is -0.117. The van der Waals surface area contributed by atoms with Crippen LogP contribution in [0.15, 0.2) is 18.2 Å². The van der Waals surface area contributed by atoms with Crippen LogP contribution in [0.25, 0.3) is 0 Å². The van der Waals surface area contributed by atoms with Gasteiger partial charge in [0.05, 0.1) is 17.3 Å². The summed E-state index contributed by atoms with van der Waals surface area (Å²) in [6.07, 6.45) is 2.03. The van der Waals surface area contributed by atoms with Gasteiger partial charge in [0.1, 0.15) is 5.82 Å². The van der Waals surface area contributed by atoms with Crippen molar-refractivity contribution in [1.29, 1.82) is 0 Å². The largest absolute Gasteiger partial charge is 0.328 e. The van der Waals surface area contributed by atoms with Gasteiger partial charge in [-0.15, -0.1) is 0 Å². The highest BCUT2D eigenvalue weighted by molar-refractivity contribution is 6.33. The Bertz CT molecular complexity index is 502. The third-order valence-corrected chi connectivity index (χ3v) is 4.26. The van der Waals surface area contributed by atoms with Gasteiger partial charge in [-0.2, -0.15) is 0 Å². The standard InChI is InChI=1S/C15H21ClFN3O/c1-10(18)11-4-6-20(7-5-11)9-15(21)19-14-3-2-12(17)8-13(14)16/h2-3,8,10-11H,4-7,9,18H2,1H3,(H,19,21). The molecule has 3 N–H and O–H groups in total. The number of carbonyl (C=O) groups excluding carboxylic acids is 1. The highest BCUT2D eigenvalue weighted by Crippen LogP contribution is 2.23. The van der Waals surface area contributed by atoms with Gasteiger partial charge in [-0.05, 0) is 57.0 Å². The minimum Gasteiger partial charge on any atom is -0.328 e. The molecule has 0 saturated carbocycles. The number of anilines is 1. The Morgan fingerprint density at radius 2 is 2.19 bits per heavy atom. The first kappa shape index (κ1) is 16.2. The topological polar surface area (TPSA) is 58.4 Å².